The molecule has 2 aromatic rings. The molecule has 1 nitrogen and oxygen atoms in total. The minimum atomic E-state index is -0.405. The van der Waals surface area contributed by atoms with E-state index in [1.54, 1.807) is 12.3 Å². The topological polar surface area (TPSA) is 12.9 Å². The average molecular weight is 216 g/mol. The van der Waals surface area contributed by atoms with Crippen LogP contribution in [0.3, 0.4) is 0 Å². The Hall–Kier alpha value is -0.860. The van der Waals surface area contributed by atoms with Crippen LogP contribution in [-0.2, 0) is 0 Å². The minimum absolute atomic E-state index is 0.220. The maximum absolute atomic E-state index is 13.2. The molecule has 0 aliphatic rings. The van der Waals surface area contributed by atoms with E-state index >= 15 is 0 Å². The van der Waals surface area contributed by atoms with Gasteiger partial charge in [-0.05, 0) is 12.1 Å². The fourth-order valence-electron chi connectivity index (χ4n) is 1.16. The highest BCUT2D eigenvalue weighted by atomic mass is 35.5. The standard InChI is InChI=1S/C9H4Cl2FN/c10-7-3-8(12)6-4-13-2-1-5(6)9(7)11/h1-4H. The third-order valence-electron chi connectivity index (χ3n) is 1.78. The number of hydrogen-bond donors (Lipinski definition) is 0. The van der Waals surface area contributed by atoms with Crippen molar-refractivity contribution in [2.24, 2.45) is 0 Å². The lowest BCUT2D eigenvalue weighted by atomic mass is 10.2. The molecule has 2 rings (SSSR count). The largest absolute Gasteiger partial charge is 0.264 e. The number of benzene rings is 1. The van der Waals surface area contributed by atoms with Crippen molar-refractivity contribution < 1.29 is 4.39 Å². The van der Waals surface area contributed by atoms with Gasteiger partial charge in [0, 0.05) is 23.2 Å². The zero-order valence-corrected chi connectivity index (χ0v) is 7.90. The SMILES string of the molecule is Fc1cc(Cl)c(Cl)c2ccncc12. The quantitative estimate of drug-likeness (QED) is 0.612. The number of hydrogen-bond acceptors (Lipinski definition) is 1. The summed E-state index contributed by atoms with van der Waals surface area (Å²) in [5.74, 6) is -0.405. The van der Waals surface area contributed by atoms with Crippen LogP contribution in [-0.4, -0.2) is 4.98 Å². The smallest absolute Gasteiger partial charge is 0.134 e. The maximum atomic E-state index is 13.2. The van der Waals surface area contributed by atoms with Gasteiger partial charge in [0.2, 0.25) is 0 Å². The van der Waals surface area contributed by atoms with Crippen molar-refractivity contribution in [3.8, 4) is 0 Å². The predicted molar refractivity (Wildman–Crippen MR) is 51.7 cm³/mol. The van der Waals surface area contributed by atoms with Crippen LogP contribution >= 0.6 is 23.2 Å². The summed E-state index contributed by atoms with van der Waals surface area (Å²) in [4.78, 5) is 3.80. The van der Waals surface area contributed by atoms with Crippen LogP contribution < -0.4 is 0 Å². The molecule has 0 N–H and O–H groups in total. The van der Waals surface area contributed by atoms with E-state index in [0.29, 0.717) is 15.8 Å². The first-order valence-electron chi connectivity index (χ1n) is 3.57. The van der Waals surface area contributed by atoms with Crippen LogP contribution in [0.4, 0.5) is 4.39 Å². The van der Waals surface area contributed by atoms with E-state index in [2.05, 4.69) is 4.98 Å². The van der Waals surface area contributed by atoms with Crippen molar-refractivity contribution in [2.75, 3.05) is 0 Å². The Balaban J connectivity index is 2.97. The van der Waals surface area contributed by atoms with Crippen LogP contribution in [0.15, 0.2) is 24.5 Å². The second kappa shape index (κ2) is 3.13. The van der Waals surface area contributed by atoms with Crippen molar-refractivity contribution in [2.45, 2.75) is 0 Å². The molecular weight excluding hydrogens is 212 g/mol. The fourth-order valence-corrected chi connectivity index (χ4v) is 1.57. The Morgan fingerprint density at radius 3 is 2.77 bits per heavy atom. The lowest BCUT2D eigenvalue weighted by molar-refractivity contribution is 0.639. The molecule has 4 heteroatoms. The number of fused-ring (bicyclic) bond motifs is 1. The van der Waals surface area contributed by atoms with Gasteiger partial charge in [0.05, 0.1) is 10.0 Å². The van der Waals surface area contributed by atoms with Crippen molar-refractivity contribution in [1.82, 2.24) is 4.98 Å². The van der Waals surface area contributed by atoms with Crippen LogP contribution in [0.2, 0.25) is 10.0 Å². The summed E-state index contributed by atoms with van der Waals surface area (Å²) in [6.07, 6.45) is 2.97. The van der Waals surface area contributed by atoms with E-state index in [-0.39, 0.29) is 5.02 Å². The highest BCUT2D eigenvalue weighted by molar-refractivity contribution is 6.45. The van der Waals surface area contributed by atoms with E-state index in [1.165, 1.54) is 12.3 Å². The first kappa shape index (κ1) is 8.73. The van der Waals surface area contributed by atoms with Crippen molar-refractivity contribution >= 4 is 34.0 Å². The zero-order valence-electron chi connectivity index (χ0n) is 6.39. The molecule has 0 fully saturated rings. The highest BCUT2D eigenvalue weighted by Gasteiger charge is 2.08. The van der Waals surface area contributed by atoms with Gasteiger partial charge in [-0.25, -0.2) is 4.39 Å². The monoisotopic (exact) mass is 215 g/mol. The van der Waals surface area contributed by atoms with Crippen LogP contribution in [0.1, 0.15) is 0 Å². The van der Waals surface area contributed by atoms with Gasteiger partial charge in [0.15, 0.2) is 0 Å². The van der Waals surface area contributed by atoms with Gasteiger partial charge >= 0.3 is 0 Å². The van der Waals surface area contributed by atoms with Crippen LogP contribution in [0, 0.1) is 5.82 Å². The third-order valence-corrected chi connectivity index (χ3v) is 2.58. The minimum Gasteiger partial charge on any atom is -0.264 e. The molecule has 0 unspecified atom stereocenters. The second-order valence-corrected chi connectivity index (χ2v) is 3.36. The molecule has 1 aromatic heterocycles. The van der Waals surface area contributed by atoms with E-state index < -0.39 is 5.82 Å². The summed E-state index contributed by atoms with van der Waals surface area (Å²) in [6, 6.07) is 2.82. The number of nitrogens with zero attached hydrogens (tertiary/aromatic N) is 1. The number of halogens is 3. The Morgan fingerprint density at radius 1 is 1.23 bits per heavy atom. The molecular formula is C9H4Cl2FN. The molecule has 0 amide bonds. The molecule has 1 heterocycles. The zero-order chi connectivity index (χ0) is 9.42. The summed E-state index contributed by atoms with van der Waals surface area (Å²) < 4.78 is 13.2. The Kier molecular flexibility index (Phi) is 2.10. The van der Waals surface area contributed by atoms with E-state index in [4.69, 9.17) is 23.2 Å². The molecule has 0 radical (unpaired) electrons. The Labute approximate surface area is 84.1 Å². The molecule has 0 saturated carbocycles. The van der Waals surface area contributed by atoms with Gasteiger partial charge in [-0.15, -0.1) is 0 Å². The molecule has 0 spiro atoms. The maximum Gasteiger partial charge on any atom is 0.134 e. The van der Waals surface area contributed by atoms with E-state index in [1.807, 2.05) is 0 Å². The number of rotatable bonds is 0. The molecule has 0 aliphatic heterocycles. The summed E-state index contributed by atoms with van der Waals surface area (Å²) in [7, 11) is 0. The van der Waals surface area contributed by atoms with Gasteiger partial charge < -0.3 is 0 Å². The average Bonchev–Trinajstić information content (AvgIpc) is 2.15. The fraction of sp³-hybridized carbons (Fsp3) is 0. The first-order valence-corrected chi connectivity index (χ1v) is 4.33. The summed E-state index contributed by atoms with van der Waals surface area (Å²) in [6.45, 7) is 0. The normalized spacial score (nSPS) is 10.7. The molecule has 13 heavy (non-hydrogen) atoms. The molecule has 66 valence electrons. The second-order valence-electron chi connectivity index (χ2n) is 2.58. The van der Waals surface area contributed by atoms with Crippen LogP contribution in [0.5, 0.6) is 0 Å². The van der Waals surface area contributed by atoms with Crippen molar-refractivity contribution in [3.05, 3.63) is 40.4 Å². The highest BCUT2D eigenvalue weighted by Crippen LogP contribution is 2.31. The van der Waals surface area contributed by atoms with Crippen LogP contribution in [0.25, 0.3) is 10.8 Å². The molecule has 0 atom stereocenters. The van der Waals surface area contributed by atoms with Gasteiger partial charge in [0.25, 0.3) is 0 Å². The summed E-state index contributed by atoms with van der Waals surface area (Å²) >= 11 is 11.6. The summed E-state index contributed by atoms with van der Waals surface area (Å²) in [5.41, 5.74) is 0. The van der Waals surface area contributed by atoms with E-state index in [9.17, 15) is 4.39 Å². The van der Waals surface area contributed by atoms with Crippen molar-refractivity contribution in [1.29, 1.82) is 0 Å². The summed E-state index contributed by atoms with van der Waals surface area (Å²) in [5, 5.41) is 1.55. The molecule has 1 aromatic carbocycles. The molecule has 0 saturated heterocycles. The predicted octanol–water partition coefficient (Wildman–Crippen LogP) is 3.68. The lowest BCUT2D eigenvalue weighted by Crippen LogP contribution is -1.83. The lowest BCUT2D eigenvalue weighted by Gasteiger charge is -2.02. The van der Waals surface area contributed by atoms with Crippen molar-refractivity contribution in [3.63, 3.8) is 0 Å². The first-order chi connectivity index (χ1) is 6.20. The van der Waals surface area contributed by atoms with Gasteiger partial charge in [-0.2, -0.15) is 0 Å². The number of pyridine rings is 1. The molecule has 0 aliphatic carbocycles. The van der Waals surface area contributed by atoms with Gasteiger partial charge in [-0.1, -0.05) is 23.2 Å². The Bertz CT molecular complexity index is 470. The third kappa shape index (κ3) is 1.36. The van der Waals surface area contributed by atoms with E-state index in [0.717, 1.165) is 0 Å². The Morgan fingerprint density at radius 2 is 2.00 bits per heavy atom. The number of aromatic nitrogens is 1. The van der Waals surface area contributed by atoms with Gasteiger partial charge in [0.1, 0.15) is 5.82 Å². The molecule has 0 bridgehead atoms. The van der Waals surface area contributed by atoms with Gasteiger partial charge in [-0.3, -0.25) is 4.98 Å².